The van der Waals surface area contributed by atoms with Gasteiger partial charge in [-0.15, -0.1) is 11.8 Å². The van der Waals surface area contributed by atoms with Gasteiger partial charge in [-0.05, 0) is 59.2 Å². The molecule has 6 nitrogen and oxygen atoms in total. The Hall–Kier alpha value is -3.52. The van der Waals surface area contributed by atoms with E-state index in [0.717, 1.165) is 22.4 Å². The third-order valence-electron chi connectivity index (χ3n) is 6.41. The first-order valence-electron chi connectivity index (χ1n) is 11.7. The van der Waals surface area contributed by atoms with E-state index in [9.17, 15) is 15.0 Å². The van der Waals surface area contributed by atoms with E-state index in [1.54, 1.807) is 47.6 Å². The quantitative estimate of drug-likeness (QED) is 0.269. The topological polar surface area (TPSA) is 82.9 Å². The van der Waals surface area contributed by atoms with E-state index in [2.05, 4.69) is 4.98 Å². The standard InChI is InChI=1S/C29H25ClN2O4S/c1-36-26-15-21(30)8-13-24(26)25(34)17-37-28-27(19-6-11-23(33)12-7-19)32(29(28)35)22-9-4-18(5-10-22)20-3-2-14-31-16-20/h2-16,25,27-28,33-34H,17H2,1H3/t25-,27+,28+/m0/s1. The van der Waals surface area contributed by atoms with Crippen molar-refractivity contribution in [3.63, 3.8) is 0 Å². The number of rotatable bonds is 8. The van der Waals surface area contributed by atoms with Gasteiger partial charge in [-0.3, -0.25) is 9.78 Å². The maximum absolute atomic E-state index is 13.4. The number of hydrogen-bond donors (Lipinski definition) is 2. The number of methoxy groups -OCH3 is 1. The molecule has 188 valence electrons. The molecule has 1 aromatic heterocycles. The number of aromatic nitrogens is 1. The van der Waals surface area contributed by atoms with Crippen LogP contribution < -0.4 is 9.64 Å². The van der Waals surface area contributed by atoms with Crippen molar-refractivity contribution in [2.45, 2.75) is 17.4 Å². The highest BCUT2D eigenvalue weighted by atomic mass is 35.5. The molecule has 1 saturated heterocycles. The van der Waals surface area contributed by atoms with Crippen LogP contribution in [0.3, 0.4) is 0 Å². The van der Waals surface area contributed by atoms with Gasteiger partial charge in [-0.25, -0.2) is 0 Å². The molecule has 3 aromatic carbocycles. The second-order valence-corrected chi connectivity index (χ2v) is 10.3. The van der Waals surface area contributed by atoms with Gasteiger partial charge >= 0.3 is 0 Å². The number of halogens is 1. The molecule has 0 radical (unpaired) electrons. The largest absolute Gasteiger partial charge is 0.508 e. The Kier molecular flexibility index (Phi) is 7.37. The van der Waals surface area contributed by atoms with Crippen LogP contribution in [-0.2, 0) is 4.79 Å². The first-order valence-corrected chi connectivity index (χ1v) is 13.1. The predicted octanol–water partition coefficient (Wildman–Crippen LogP) is 6.04. The average molecular weight is 533 g/mol. The van der Waals surface area contributed by atoms with Crippen molar-refractivity contribution >= 4 is 35.0 Å². The van der Waals surface area contributed by atoms with Crippen LogP contribution in [-0.4, -0.2) is 39.2 Å². The lowest BCUT2D eigenvalue weighted by Gasteiger charge is -2.47. The smallest absolute Gasteiger partial charge is 0.243 e. The van der Waals surface area contributed by atoms with E-state index in [1.807, 2.05) is 48.5 Å². The zero-order chi connectivity index (χ0) is 25.9. The van der Waals surface area contributed by atoms with Gasteiger partial charge in [0.2, 0.25) is 5.91 Å². The second kappa shape index (κ2) is 10.8. The number of carbonyl (C=O) groups is 1. The first-order chi connectivity index (χ1) is 18.0. The molecular weight excluding hydrogens is 508 g/mol. The van der Waals surface area contributed by atoms with Gasteiger partial charge in [0.15, 0.2) is 0 Å². The fourth-order valence-corrected chi connectivity index (χ4v) is 5.95. The maximum atomic E-state index is 13.4. The van der Waals surface area contributed by atoms with Gasteiger partial charge < -0.3 is 19.8 Å². The fourth-order valence-electron chi connectivity index (χ4n) is 4.50. The number of β-lactam (4-membered cyclic amide) rings is 1. The van der Waals surface area contributed by atoms with Crippen LogP contribution in [0.25, 0.3) is 11.1 Å². The third kappa shape index (κ3) is 5.16. The molecule has 0 bridgehead atoms. The molecule has 1 aliphatic heterocycles. The van der Waals surface area contributed by atoms with Crippen LogP contribution in [0.1, 0.15) is 23.3 Å². The number of aliphatic hydroxyl groups is 1. The first kappa shape index (κ1) is 25.1. The monoisotopic (exact) mass is 532 g/mol. The van der Waals surface area contributed by atoms with Crippen LogP contribution in [0.4, 0.5) is 5.69 Å². The van der Waals surface area contributed by atoms with E-state index in [1.165, 1.54) is 18.9 Å². The number of pyridine rings is 1. The van der Waals surface area contributed by atoms with Crippen LogP contribution in [0.2, 0.25) is 5.02 Å². The number of phenols is 1. The fraction of sp³-hybridized carbons (Fsp3) is 0.172. The Morgan fingerprint density at radius 2 is 1.81 bits per heavy atom. The molecule has 8 heteroatoms. The number of benzene rings is 3. The van der Waals surface area contributed by atoms with E-state index in [-0.39, 0.29) is 17.7 Å². The minimum Gasteiger partial charge on any atom is -0.508 e. The summed E-state index contributed by atoms with van der Waals surface area (Å²) in [5, 5.41) is 20.8. The highest BCUT2D eigenvalue weighted by Gasteiger charge is 2.49. The Morgan fingerprint density at radius 3 is 2.49 bits per heavy atom. The Balaban J connectivity index is 1.38. The van der Waals surface area contributed by atoms with Crippen LogP contribution >= 0.6 is 23.4 Å². The lowest BCUT2D eigenvalue weighted by Crippen LogP contribution is -2.57. The van der Waals surface area contributed by atoms with Crippen molar-refractivity contribution in [3.8, 4) is 22.6 Å². The van der Waals surface area contributed by atoms with Gasteiger partial charge in [-0.1, -0.05) is 48.0 Å². The SMILES string of the molecule is COc1cc(Cl)ccc1[C@@H](O)CS[C@H]1C(=O)N(c2ccc(-c3cccnc3)cc2)[C@@H]1c1ccc(O)cc1. The van der Waals surface area contributed by atoms with Crippen LogP contribution in [0.5, 0.6) is 11.5 Å². The zero-order valence-corrected chi connectivity index (χ0v) is 21.6. The van der Waals surface area contributed by atoms with Crippen molar-refractivity contribution in [2.24, 2.45) is 0 Å². The Bertz CT molecular complexity index is 1380. The number of phenolic OH excluding ortho intramolecular Hbond substituents is 1. The number of hydrogen-bond acceptors (Lipinski definition) is 6. The molecule has 0 unspecified atom stereocenters. The van der Waals surface area contributed by atoms with Crippen LogP contribution in [0, 0.1) is 0 Å². The molecule has 3 atom stereocenters. The summed E-state index contributed by atoms with van der Waals surface area (Å²) in [4.78, 5) is 19.4. The Morgan fingerprint density at radius 1 is 1.05 bits per heavy atom. The molecule has 0 saturated carbocycles. The second-order valence-electron chi connectivity index (χ2n) is 8.69. The van der Waals surface area contributed by atoms with Crippen molar-refractivity contribution in [3.05, 3.63) is 107 Å². The molecule has 2 N–H and O–H groups in total. The number of thioether (sulfide) groups is 1. The van der Waals surface area contributed by atoms with E-state index in [0.29, 0.717) is 22.1 Å². The van der Waals surface area contributed by atoms with Gasteiger partial charge in [-0.2, -0.15) is 0 Å². The van der Waals surface area contributed by atoms with Crippen molar-refractivity contribution < 1.29 is 19.7 Å². The number of aliphatic hydroxyl groups excluding tert-OH is 1. The summed E-state index contributed by atoms with van der Waals surface area (Å²) >= 11 is 7.46. The molecule has 37 heavy (non-hydrogen) atoms. The number of amides is 1. The number of aromatic hydroxyl groups is 1. The summed E-state index contributed by atoms with van der Waals surface area (Å²) in [6.07, 6.45) is 2.70. The number of ether oxygens (including phenoxy) is 1. The van der Waals surface area contributed by atoms with Crippen molar-refractivity contribution in [2.75, 3.05) is 17.8 Å². The van der Waals surface area contributed by atoms with Gasteiger partial charge in [0.05, 0.1) is 19.3 Å². The van der Waals surface area contributed by atoms with Gasteiger partial charge in [0.25, 0.3) is 0 Å². The molecule has 1 amide bonds. The highest BCUT2D eigenvalue weighted by molar-refractivity contribution is 8.00. The van der Waals surface area contributed by atoms with Crippen LogP contribution in [0.15, 0.2) is 91.3 Å². The lowest BCUT2D eigenvalue weighted by molar-refractivity contribution is -0.123. The van der Waals surface area contributed by atoms with E-state index >= 15 is 0 Å². The molecule has 0 aliphatic carbocycles. The summed E-state index contributed by atoms with van der Waals surface area (Å²) in [7, 11) is 1.53. The number of carbonyl (C=O) groups excluding carboxylic acids is 1. The normalized spacial score (nSPS) is 17.8. The molecule has 2 heterocycles. The lowest BCUT2D eigenvalue weighted by atomic mass is 9.92. The molecule has 4 aromatic rings. The molecular formula is C29H25ClN2O4S. The van der Waals surface area contributed by atoms with E-state index < -0.39 is 11.4 Å². The van der Waals surface area contributed by atoms with E-state index in [4.69, 9.17) is 16.3 Å². The van der Waals surface area contributed by atoms with Gasteiger partial charge in [0, 0.05) is 34.4 Å². The summed E-state index contributed by atoms with van der Waals surface area (Å²) in [6.45, 7) is 0. The minimum absolute atomic E-state index is 0.0347. The zero-order valence-electron chi connectivity index (χ0n) is 20.0. The summed E-state index contributed by atoms with van der Waals surface area (Å²) in [5.74, 6) is 0.936. The molecule has 1 fully saturated rings. The summed E-state index contributed by atoms with van der Waals surface area (Å²) in [6, 6.07) is 23.5. The van der Waals surface area contributed by atoms with Crippen molar-refractivity contribution in [1.82, 2.24) is 4.98 Å². The molecule has 5 rings (SSSR count). The molecule has 0 spiro atoms. The van der Waals surface area contributed by atoms with Gasteiger partial charge in [0.1, 0.15) is 16.7 Å². The number of anilines is 1. The summed E-state index contributed by atoms with van der Waals surface area (Å²) < 4.78 is 5.38. The number of nitrogens with zero attached hydrogens (tertiary/aromatic N) is 2. The Labute approximate surface area is 224 Å². The van der Waals surface area contributed by atoms with Crippen molar-refractivity contribution in [1.29, 1.82) is 0 Å². The minimum atomic E-state index is -0.835. The third-order valence-corrected chi connectivity index (χ3v) is 7.97. The average Bonchev–Trinajstić information content (AvgIpc) is 2.93. The maximum Gasteiger partial charge on any atom is 0.243 e. The highest BCUT2D eigenvalue weighted by Crippen LogP contribution is 2.46. The molecule has 1 aliphatic rings. The predicted molar refractivity (Wildman–Crippen MR) is 147 cm³/mol. The summed E-state index contributed by atoms with van der Waals surface area (Å²) in [5.41, 5.74) is 4.32.